The molecule has 0 radical (unpaired) electrons. The van der Waals surface area contributed by atoms with E-state index in [1.165, 1.54) is 0 Å². The predicted molar refractivity (Wildman–Crippen MR) is 92.2 cm³/mol. The number of hydrogen-bond acceptors (Lipinski definition) is 4. The van der Waals surface area contributed by atoms with Gasteiger partial charge in [-0.2, -0.15) is 0 Å². The van der Waals surface area contributed by atoms with Crippen LogP contribution in [0.25, 0.3) is 0 Å². The molecule has 1 aromatic rings. The number of thiazole rings is 1. The minimum atomic E-state index is 0.0649. The number of hydrogen-bond donors (Lipinski definition) is 2. The quantitative estimate of drug-likeness (QED) is 0.592. The Balaban J connectivity index is 2.37. The molecule has 6 nitrogen and oxygen atoms in total. The van der Waals surface area contributed by atoms with E-state index in [1.54, 1.807) is 18.4 Å². The lowest BCUT2D eigenvalue weighted by Crippen LogP contribution is -2.41. The van der Waals surface area contributed by atoms with Crippen molar-refractivity contribution >= 4 is 23.2 Å². The number of rotatable bonds is 7. The van der Waals surface area contributed by atoms with Crippen LogP contribution < -0.4 is 10.6 Å². The van der Waals surface area contributed by atoms with Crippen molar-refractivity contribution in [2.45, 2.75) is 46.2 Å². The Morgan fingerprint density at radius 1 is 1.55 bits per heavy atom. The Bertz CT molecular complexity index is 500. The lowest BCUT2D eigenvalue weighted by atomic mass is 10.2. The maximum atomic E-state index is 11.7. The standard InChI is InChI=1S/C15H27N5OS/c1-6-11(2)18-14(21)7-8-17-15(16-4)20(5)9-13-10-22-12(3)19-13/h10-11H,6-9H2,1-5H3,(H,16,17)(H,18,21). The fraction of sp³-hybridized carbons (Fsp3) is 0.667. The summed E-state index contributed by atoms with van der Waals surface area (Å²) in [5.74, 6) is 0.831. The number of amides is 1. The molecule has 0 aliphatic carbocycles. The topological polar surface area (TPSA) is 69.6 Å². The van der Waals surface area contributed by atoms with Gasteiger partial charge in [-0.3, -0.25) is 9.79 Å². The molecule has 0 aliphatic heterocycles. The van der Waals surface area contributed by atoms with Crippen LogP contribution in [0, 0.1) is 6.92 Å². The number of nitrogens with zero attached hydrogens (tertiary/aromatic N) is 3. The minimum Gasteiger partial charge on any atom is -0.356 e. The highest BCUT2D eigenvalue weighted by Crippen LogP contribution is 2.09. The van der Waals surface area contributed by atoms with E-state index in [9.17, 15) is 4.79 Å². The second kappa shape index (κ2) is 9.40. The lowest BCUT2D eigenvalue weighted by Gasteiger charge is -2.21. The molecular weight excluding hydrogens is 298 g/mol. The van der Waals surface area contributed by atoms with Crippen molar-refractivity contribution in [2.24, 2.45) is 4.99 Å². The molecule has 0 aliphatic rings. The molecule has 0 bridgehead atoms. The van der Waals surface area contributed by atoms with Crippen LogP contribution in [0.15, 0.2) is 10.4 Å². The molecule has 0 saturated carbocycles. The fourth-order valence-electron chi connectivity index (χ4n) is 1.92. The molecule has 1 unspecified atom stereocenters. The Kier molecular flexibility index (Phi) is 7.87. The van der Waals surface area contributed by atoms with Crippen molar-refractivity contribution in [3.8, 4) is 0 Å². The highest BCUT2D eigenvalue weighted by molar-refractivity contribution is 7.09. The highest BCUT2D eigenvalue weighted by atomic mass is 32.1. The summed E-state index contributed by atoms with van der Waals surface area (Å²) in [6.07, 6.45) is 1.38. The van der Waals surface area contributed by atoms with Crippen LogP contribution in [0.5, 0.6) is 0 Å². The molecule has 1 heterocycles. The SMILES string of the molecule is CCC(C)NC(=O)CCNC(=NC)N(C)Cc1csc(C)n1. The lowest BCUT2D eigenvalue weighted by molar-refractivity contribution is -0.121. The van der Waals surface area contributed by atoms with Gasteiger partial charge in [-0.15, -0.1) is 11.3 Å². The molecule has 0 fully saturated rings. The number of carbonyl (C=O) groups is 1. The molecule has 1 amide bonds. The number of nitrogens with one attached hydrogen (secondary N) is 2. The summed E-state index contributed by atoms with van der Waals surface area (Å²) >= 11 is 1.64. The maximum absolute atomic E-state index is 11.7. The summed E-state index contributed by atoms with van der Waals surface area (Å²) in [5.41, 5.74) is 1.03. The zero-order valence-electron chi connectivity index (χ0n) is 14.1. The van der Waals surface area contributed by atoms with Crippen molar-refractivity contribution < 1.29 is 4.79 Å². The third-order valence-electron chi connectivity index (χ3n) is 3.29. The van der Waals surface area contributed by atoms with Crippen LogP contribution in [0.1, 0.15) is 37.4 Å². The van der Waals surface area contributed by atoms with Crippen molar-refractivity contribution in [3.05, 3.63) is 16.1 Å². The molecule has 0 aromatic carbocycles. The van der Waals surface area contributed by atoms with Crippen molar-refractivity contribution in [1.82, 2.24) is 20.5 Å². The number of aromatic nitrogens is 1. The van der Waals surface area contributed by atoms with Crippen molar-refractivity contribution in [3.63, 3.8) is 0 Å². The van der Waals surface area contributed by atoms with Gasteiger partial charge in [-0.05, 0) is 20.3 Å². The van der Waals surface area contributed by atoms with Gasteiger partial charge in [0.2, 0.25) is 5.91 Å². The molecular formula is C15H27N5OS. The third kappa shape index (κ3) is 6.43. The van der Waals surface area contributed by atoms with Gasteiger partial charge < -0.3 is 15.5 Å². The predicted octanol–water partition coefficient (Wildman–Crippen LogP) is 1.76. The van der Waals surface area contributed by atoms with Gasteiger partial charge in [0.1, 0.15) is 0 Å². The van der Waals surface area contributed by atoms with Gasteiger partial charge in [-0.1, -0.05) is 6.92 Å². The zero-order valence-corrected chi connectivity index (χ0v) is 15.0. The maximum Gasteiger partial charge on any atom is 0.221 e. The Morgan fingerprint density at radius 3 is 2.82 bits per heavy atom. The molecule has 124 valence electrons. The molecule has 1 rings (SSSR count). The normalized spacial score (nSPS) is 12.9. The number of carbonyl (C=O) groups excluding carboxylic acids is 1. The van der Waals surface area contributed by atoms with Crippen molar-refractivity contribution in [1.29, 1.82) is 0 Å². The number of aryl methyl sites for hydroxylation is 1. The molecule has 22 heavy (non-hydrogen) atoms. The first-order valence-corrected chi connectivity index (χ1v) is 8.46. The Hall–Kier alpha value is -1.63. The van der Waals surface area contributed by atoms with Crippen LogP contribution in [0.3, 0.4) is 0 Å². The second-order valence-electron chi connectivity index (χ2n) is 5.31. The van der Waals surface area contributed by atoms with Gasteiger partial charge >= 0.3 is 0 Å². The van der Waals surface area contributed by atoms with E-state index in [0.29, 0.717) is 19.5 Å². The Morgan fingerprint density at radius 2 is 2.27 bits per heavy atom. The summed E-state index contributed by atoms with van der Waals surface area (Å²) in [5, 5.41) is 9.28. The van der Waals surface area contributed by atoms with Crippen LogP contribution >= 0.6 is 11.3 Å². The molecule has 0 saturated heterocycles. The van der Waals surface area contributed by atoms with Gasteiger partial charge in [0.25, 0.3) is 0 Å². The van der Waals surface area contributed by atoms with Crippen LogP contribution in [0.2, 0.25) is 0 Å². The zero-order chi connectivity index (χ0) is 16.5. The van der Waals surface area contributed by atoms with Crippen molar-refractivity contribution in [2.75, 3.05) is 20.6 Å². The fourth-order valence-corrected chi connectivity index (χ4v) is 2.52. The van der Waals surface area contributed by atoms with Crippen LogP contribution in [0.4, 0.5) is 0 Å². The van der Waals surface area contributed by atoms with Gasteiger partial charge in [0, 0.05) is 38.5 Å². The first kappa shape index (κ1) is 18.4. The number of guanidine groups is 1. The molecule has 2 N–H and O–H groups in total. The van der Waals surface area contributed by atoms with Crippen LogP contribution in [-0.2, 0) is 11.3 Å². The highest BCUT2D eigenvalue weighted by Gasteiger charge is 2.10. The summed E-state index contributed by atoms with van der Waals surface area (Å²) in [7, 11) is 3.70. The summed E-state index contributed by atoms with van der Waals surface area (Å²) in [4.78, 5) is 22.4. The van der Waals surface area contributed by atoms with E-state index in [2.05, 4.69) is 32.9 Å². The molecule has 1 aromatic heterocycles. The summed E-state index contributed by atoms with van der Waals surface area (Å²) < 4.78 is 0. The van der Waals surface area contributed by atoms with E-state index in [0.717, 1.165) is 23.1 Å². The molecule has 7 heteroatoms. The van der Waals surface area contributed by atoms with E-state index in [1.807, 2.05) is 25.8 Å². The second-order valence-corrected chi connectivity index (χ2v) is 6.38. The minimum absolute atomic E-state index is 0.0649. The van der Waals surface area contributed by atoms with Crippen LogP contribution in [-0.4, -0.2) is 48.4 Å². The smallest absolute Gasteiger partial charge is 0.221 e. The van der Waals surface area contributed by atoms with E-state index >= 15 is 0 Å². The summed E-state index contributed by atoms with van der Waals surface area (Å²) in [6.45, 7) is 7.32. The molecule has 1 atom stereocenters. The molecule has 0 spiro atoms. The average Bonchev–Trinajstić information content (AvgIpc) is 2.88. The first-order chi connectivity index (χ1) is 10.5. The Labute approximate surface area is 137 Å². The van der Waals surface area contributed by atoms with E-state index in [-0.39, 0.29) is 11.9 Å². The third-order valence-corrected chi connectivity index (χ3v) is 4.12. The average molecular weight is 325 g/mol. The van der Waals surface area contributed by atoms with Gasteiger partial charge in [0.15, 0.2) is 5.96 Å². The first-order valence-electron chi connectivity index (χ1n) is 7.58. The monoisotopic (exact) mass is 325 g/mol. The summed E-state index contributed by atoms with van der Waals surface area (Å²) in [6, 6.07) is 0.224. The number of aliphatic imine (C=N–C) groups is 1. The van der Waals surface area contributed by atoms with Gasteiger partial charge in [0.05, 0.1) is 17.2 Å². The van der Waals surface area contributed by atoms with Gasteiger partial charge in [-0.25, -0.2) is 4.98 Å². The van der Waals surface area contributed by atoms with E-state index < -0.39 is 0 Å². The van der Waals surface area contributed by atoms with E-state index in [4.69, 9.17) is 0 Å². The largest absolute Gasteiger partial charge is 0.356 e.